The lowest BCUT2D eigenvalue weighted by molar-refractivity contribution is 0.431. The van der Waals surface area contributed by atoms with Gasteiger partial charge in [0, 0.05) is 11.0 Å². The zero-order valence-corrected chi connectivity index (χ0v) is 8.05. The molecule has 0 fully saturated rings. The molecule has 15 heavy (non-hydrogen) atoms. The first kappa shape index (κ1) is 8.56. The van der Waals surface area contributed by atoms with E-state index in [-0.39, 0.29) is 0 Å². The van der Waals surface area contributed by atoms with Gasteiger partial charge in [-0.3, -0.25) is 0 Å². The van der Waals surface area contributed by atoms with E-state index in [0.717, 1.165) is 22.3 Å². The highest BCUT2D eigenvalue weighted by Crippen LogP contribution is 2.32. The molecule has 1 N–H and O–H groups in total. The highest BCUT2D eigenvalue weighted by molar-refractivity contribution is 6.63. The second-order valence-electron chi connectivity index (χ2n) is 3.55. The molecule has 0 radical (unpaired) electrons. The molecule has 0 aromatic heterocycles. The molecule has 1 aliphatic heterocycles. The van der Waals surface area contributed by atoms with Gasteiger partial charge in [-0.05, 0) is 11.6 Å². The fourth-order valence-electron chi connectivity index (χ4n) is 1.93. The molecular formula is C12H9BO2. The predicted molar refractivity (Wildman–Crippen MR) is 60.1 cm³/mol. The number of hydrogen-bond acceptors (Lipinski definition) is 2. The Labute approximate surface area is 88.3 Å². The van der Waals surface area contributed by atoms with Crippen LogP contribution in [0.3, 0.4) is 0 Å². The molecule has 1 aliphatic rings. The normalized spacial score (nSPS) is 12.7. The largest absolute Gasteiger partial charge is 0.560 e. The van der Waals surface area contributed by atoms with Crippen molar-refractivity contribution in [2.45, 2.75) is 0 Å². The van der Waals surface area contributed by atoms with Gasteiger partial charge in [0.2, 0.25) is 0 Å². The van der Waals surface area contributed by atoms with Gasteiger partial charge in [-0.1, -0.05) is 42.5 Å². The van der Waals surface area contributed by atoms with Crippen LogP contribution in [0.15, 0.2) is 48.5 Å². The molecule has 0 saturated heterocycles. The van der Waals surface area contributed by atoms with Gasteiger partial charge < -0.3 is 9.68 Å². The molecule has 2 aromatic rings. The van der Waals surface area contributed by atoms with Gasteiger partial charge in [0.25, 0.3) is 0 Å². The lowest BCUT2D eigenvalue weighted by Gasteiger charge is -2.22. The third kappa shape index (κ3) is 1.24. The second kappa shape index (κ2) is 3.14. The summed E-state index contributed by atoms with van der Waals surface area (Å²) in [4.78, 5) is 0. The lowest BCUT2D eigenvalue weighted by Crippen LogP contribution is -2.40. The highest BCUT2D eigenvalue weighted by Gasteiger charge is 2.28. The van der Waals surface area contributed by atoms with Gasteiger partial charge in [-0.15, -0.1) is 0 Å². The minimum absolute atomic E-state index is 0.740. The Kier molecular flexibility index (Phi) is 1.79. The van der Waals surface area contributed by atoms with Crippen LogP contribution in [0.4, 0.5) is 0 Å². The topological polar surface area (TPSA) is 29.5 Å². The van der Waals surface area contributed by atoms with Crippen LogP contribution >= 0.6 is 0 Å². The van der Waals surface area contributed by atoms with Crippen LogP contribution < -0.4 is 10.1 Å². The minimum atomic E-state index is -0.851. The van der Waals surface area contributed by atoms with E-state index in [1.54, 1.807) is 0 Å². The number of fused-ring (bicyclic) bond motifs is 3. The first-order valence-corrected chi connectivity index (χ1v) is 4.89. The number of benzene rings is 2. The Hall–Kier alpha value is -1.74. The monoisotopic (exact) mass is 196 g/mol. The molecule has 2 nitrogen and oxygen atoms in total. The molecule has 2 aromatic carbocycles. The first-order valence-electron chi connectivity index (χ1n) is 4.89. The van der Waals surface area contributed by atoms with Crippen LogP contribution in [0.25, 0.3) is 11.1 Å². The Bertz CT molecular complexity index is 510. The molecule has 3 heteroatoms. The van der Waals surface area contributed by atoms with Crippen molar-refractivity contribution in [1.82, 2.24) is 0 Å². The van der Waals surface area contributed by atoms with Gasteiger partial charge in [0.1, 0.15) is 5.75 Å². The van der Waals surface area contributed by atoms with Crippen molar-refractivity contribution in [3.8, 4) is 16.9 Å². The van der Waals surface area contributed by atoms with E-state index >= 15 is 0 Å². The fraction of sp³-hybridized carbons (Fsp3) is 0. The van der Waals surface area contributed by atoms with Crippen LogP contribution in [0, 0.1) is 0 Å². The zero-order valence-electron chi connectivity index (χ0n) is 8.05. The summed E-state index contributed by atoms with van der Waals surface area (Å²) in [5, 5.41) is 9.79. The summed E-state index contributed by atoms with van der Waals surface area (Å²) in [6.45, 7) is 0. The van der Waals surface area contributed by atoms with Gasteiger partial charge in [0.05, 0.1) is 0 Å². The maximum absolute atomic E-state index is 9.79. The number of para-hydroxylation sites is 1. The van der Waals surface area contributed by atoms with Crippen molar-refractivity contribution in [3.63, 3.8) is 0 Å². The summed E-state index contributed by atoms with van der Waals surface area (Å²) >= 11 is 0. The first-order chi connectivity index (χ1) is 7.36. The summed E-state index contributed by atoms with van der Waals surface area (Å²) in [6.07, 6.45) is 0. The summed E-state index contributed by atoms with van der Waals surface area (Å²) in [7, 11) is -0.851. The average Bonchev–Trinajstić information content (AvgIpc) is 2.30. The van der Waals surface area contributed by atoms with Crippen molar-refractivity contribution in [2.24, 2.45) is 0 Å². The average molecular weight is 196 g/mol. The summed E-state index contributed by atoms with van der Waals surface area (Å²) in [5.41, 5.74) is 2.92. The van der Waals surface area contributed by atoms with Crippen molar-refractivity contribution >= 4 is 12.6 Å². The predicted octanol–water partition coefficient (Wildman–Crippen LogP) is 1.43. The number of hydrogen-bond donors (Lipinski definition) is 1. The van der Waals surface area contributed by atoms with Gasteiger partial charge in [-0.2, -0.15) is 0 Å². The minimum Gasteiger partial charge on any atom is -0.532 e. The van der Waals surface area contributed by atoms with E-state index in [0.29, 0.717) is 0 Å². The zero-order chi connectivity index (χ0) is 10.3. The van der Waals surface area contributed by atoms with E-state index < -0.39 is 7.12 Å². The molecule has 0 aliphatic carbocycles. The molecule has 1 heterocycles. The molecule has 0 saturated carbocycles. The van der Waals surface area contributed by atoms with Crippen LogP contribution in [0.2, 0.25) is 0 Å². The van der Waals surface area contributed by atoms with Crippen LogP contribution in [-0.2, 0) is 0 Å². The number of rotatable bonds is 0. The van der Waals surface area contributed by atoms with Crippen molar-refractivity contribution in [3.05, 3.63) is 48.5 Å². The fourth-order valence-corrected chi connectivity index (χ4v) is 1.93. The quantitative estimate of drug-likeness (QED) is 0.646. The summed E-state index contributed by atoms with van der Waals surface area (Å²) in [5.74, 6) is 0.740. The second-order valence-corrected chi connectivity index (χ2v) is 3.55. The third-order valence-corrected chi connectivity index (χ3v) is 2.64. The Morgan fingerprint density at radius 1 is 0.867 bits per heavy atom. The summed E-state index contributed by atoms with van der Waals surface area (Å²) in [6, 6.07) is 15.5. The maximum Gasteiger partial charge on any atom is 0.560 e. The van der Waals surface area contributed by atoms with Crippen LogP contribution in [0.1, 0.15) is 0 Å². The smallest absolute Gasteiger partial charge is 0.532 e. The molecule has 72 valence electrons. The molecular weight excluding hydrogens is 187 g/mol. The molecule has 0 unspecified atom stereocenters. The highest BCUT2D eigenvalue weighted by atomic mass is 16.5. The van der Waals surface area contributed by atoms with E-state index in [1.165, 1.54) is 0 Å². The standard InChI is InChI=1S/C12H9BO2/c14-13-11-7-3-1-5-9(11)10-6-2-4-8-12(10)15-13/h1-8,14H. The molecule has 3 rings (SSSR count). The Morgan fingerprint density at radius 2 is 1.53 bits per heavy atom. The van der Waals surface area contributed by atoms with Gasteiger partial charge in [-0.25, -0.2) is 0 Å². The maximum atomic E-state index is 9.79. The molecule has 0 atom stereocenters. The molecule has 0 spiro atoms. The Morgan fingerprint density at radius 3 is 2.40 bits per heavy atom. The van der Waals surface area contributed by atoms with Crippen LogP contribution in [-0.4, -0.2) is 12.1 Å². The van der Waals surface area contributed by atoms with Crippen LogP contribution in [0.5, 0.6) is 5.75 Å². The van der Waals surface area contributed by atoms with E-state index in [2.05, 4.69) is 0 Å². The van der Waals surface area contributed by atoms with E-state index in [1.807, 2.05) is 48.5 Å². The Balaban J connectivity index is 2.30. The third-order valence-electron chi connectivity index (χ3n) is 2.64. The van der Waals surface area contributed by atoms with Gasteiger partial charge >= 0.3 is 7.12 Å². The van der Waals surface area contributed by atoms with Crippen molar-refractivity contribution < 1.29 is 9.68 Å². The van der Waals surface area contributed by atoms with E-state index in [4.69, 9.17) is 4.65 Å². The summed E-state index contributed by atoms with van der Waals surface area (Å²) < 4.78 is 5.41. The lowest BCUT2D eigenvalue weighted by atomic mass is 9.72. The molecule has 0 amide bonds. The van der Waals surface area contributed by atoms with Crippen molar-refractivity contribution in [2.75, 3.05) is 0 Å². The van der Waals surface area contributed by atoms with Gasteiger partial charge in [0.15, 0.2) is 0 Å². The molecule has 0 bridgehead atoms. The van der Waals surface area contributed by atoms with Crippen molar-refractivity contribution in [1.29, 1.82) is 0 Å². The SMILES string of the molecule is OB1Oc2ccccc2-c2ccccc21. The van der Waals surface area contributed by atoms with E-state index in [9.17, 15) is 5.02 Å².